The van der Waals surface area contributed by atoms with Gasteiger partial charge in [-0.3, -0.25) is 0 Å². The molecule has 0 bridgehead atoms. The molecule has 1 aliphatic rings. The lowest BCUT2D eigenvalue weighted by molar-refractivity contribution is 0.623. The molecule has 0 nitrogen and oxygen atoms in total. The fourth-order valence-electron chi connectivity index (χ4n) is 4.07. The minimum Gasteiger partial charge on any atom is -0.0771 e. The highest BCUT2D eigenvalue weighted by atomic mass is 28.2. The molecule has 3 rings (SSSR count). The van der Waals surface area contributed by atoms with E-state index in [1.165, 1.54) is 42.4 Å². The van der Waals surface area contributed by atoms with Gasteiger partial charge in [0.25, 0.3) is 0 Å². The summed E-state index contributed by atoms with van der Waals surface area (Å²) in [5.74, 6) is 0.613. The molecule has 0 amide bonds. The summed E-state index contributed by atoms with van der Waals surface area (Å²) in [6.45, 7) is 6.72. The lowest BCUT2D eigenvalue weighted by Gasteiger charge is -2.17. The van der Waals surface area contributed by atoms with Crippen LogP contribution in [-0.2, 0) is 0 Å². The molecule has 1 aliphatic carbocycles. The van der Waals surface area contributed by atoms with Crippen LogP contribution in [0.5, 0.6) is 0 Å². The van der Waals surface area contributed by atoms with Crippen molar-refractivity contribution in [3.05, 3.63) is 82.6 Å². The van der Waals surface area contributed by atoms with Crippen LogP contribution in [0.3, 0.4) is 0 Å². The minimum absolute atomic E-state index is 0.436. The first kappa shape index (κ1) is 17.9. The van der Waals surface area contributed by atoms with E-state index in [1.54, 1.807) is 16.0 Å². The Morgan fingerprint density at radius 1 is 0.920 bits per heavy atom. The molecular weight excluding hydrogens is 316 g/mol. The summed E-state index contributed by atoms with van der Waals surface area (Å²) in [4.78, 5) is 0. The number of allylic oxidation sites excluding steroid dienone is 4. The van der Waals surface area contributed by atoms with Gasteiger partial charge in [0.2, 0.25) is 0 Å². The summed E-state index contributed by atoms with van der Waals surface area (Å²) < 4.78 is 0. The van der Waals surface area contributed by atoms with Crippen molar-refractivity contribution in [3.63, 3.8) is 0 Å². The monoisotopic (exact) mass is 346 g/mol. The number of aryl methyl sites for hydroxylation is 2. The van der Waals surface area contributed by atoms with Crippen LogP contribution in [0.1, 0.15) is 49.3 Å². The maximum Gasteiger partial charge on any atom is 0.0879 e. The Bertz CT molecular complexity index is 748. The molecule has 0 saturated carbocycles. The Morgan fingerprint density at radius 3 is 2.32 bits per heavy atom. The molecule has 0 spiro atoms. The highest BCUT2D eigenvalue weighted by Gasteiger charge is 2.21. The maximum absolute atomic E-state index is 2.48. The summed E-state index contributed by atoms with van der Waals surface area (Å²) in [5, 5.41) is 3.21. The quantitative estimate of drug-likeness (QED) is 0.473. The molecule has 0 N–H and O–H groups in total. The molecule has 0 aliphatic heterocycles. The van der Waals surface area contributed by atoms with Crippen molar-refractivity contribution in [2.24, 2.45) is 5.92 Å². The number of hydrogen-bond acceptors (Lipinski definition) is 0. The van der Waals surface area contributed by atoms with Crippen LogP contribution in [0, 0.1) is 19.8 Å². The van der Waals surface area contributed by atoms with Gasteiger partial charge in [-0.2, -0.15) is 0 Å². The van der Waals surface area contributed by atoms with Gasteiger partial charge in [-0.15, -0.1) is 0 Å². The van der Waals surface area contributed by atoms with Gasteiger partial charge in [-0.25, -0.2) is 0 Å². The van der Waals surface area contributed by atoms with Crippen molar-refractivity contribution in [1.82, 2.24) is 0 Å². The van der Waals surface area contributed by atoms with Crippen molar-refractivity contribution in [1.29, 1.82) is 0 Å². The van der Waals surface area contributed by atoms with Gasteiger partial charge in [0.05, 0.1) is 9.52 Å². The summed E-state index contributed by atoms with van der Waals surface area (Å²) in [5.41, 5.74) is 5.83. The van der Waals surface area contributed by atoms with Crippen LogP contribution in [0.2, 0.25) is 0 Å². The average molecular weight is 347 g/mol. The normalized spacial score (nSPS) is 17.2. The van der Waals surface area contributed by atoms with E-state index in [4.69, 9.17) is 0 Å². The van der Waals surface area contributed by atoms with E-state index in [0.717, 1.165) is 0 Å². The predicted octanol–water partition coefficient (Wildman–Crippen LogP) is 5.28. The summed E-state index contributed by atoms with van der Waals surface area (Å²) in [6, 6.07) is 18.2. The molecule has 0 radical (unpaired) electrons. The highest BCUT2D eigenvalue weighted by molar-refractivity contribution is 6.63. The molecule has 2 aromatic carbocycles. The topological polar surface area (TPSA) is 0 Å². The van der Waals surface area contributed by atoms with Crippen LogP contribution in [0.15, 0.2) is 65.9 Å². The standard InChI is InChI=1S/C24H30Si/c1-4-5-7-10-21-13-14-23(24(21)20-11-8-6-9-12-20)25-22-16-18(2)15-19(3)17-22/h6,8-9,11-17,21H,4-5,7,10,25H2,1-3H3. The summed E-state index contributed by atoms with van der Waals surface area (Å²) in [6.07, 6.45) is 10.2. The van der Waals surface area contributed by atoms with E-state index in [1.807, 2.05) is 0 Å². The molecule has 1 heteroatoms. The number of rotatable bonds is 7. The molecular formula is C24H30Si. The molecule has 25 heavy (non-hydrogen) atoms. The zero-order valence-corrected chi connectivity index (χ0v) is 17.3. The van der Waals surface area contributed by atoms with Crippen LogP contribution in [0.25, 0.3) is 5.57 Å². The summed E-state index contributed by atoms with van der Waals surface area (Å²) >= 11 is 0. The van der Waals surface area contributed by atoms with E-state index >= 15 is 0 Å². The fraction of sp³-hybridized carbons (Fsp3) is 0.333. The Morgan fingerprint density at radius 2 is 1.64 bits per heavy atom. The van der Waals surface area contributed by atoms with E-state index in [2.05, 4.69) is 81.5 Å². The van der Waals surface area contributed by atoms with Crippen LogP contribution in [-0.4, -0.2) is 9.52 Å². The zero-order chi connectivity index (χ0) is 17.6. The SMILES string of the molecule is CCCCCC1C=CC([SiH2]c2cc(C)cc(C)c2)=C1c1ccccc1. The number of benzene rings is 2. The molecule has 1 atom stereocenters. The molecule has 130 valence electrons. The molecule has 0 heterocycles. The smallest absolute Gasteiger partial charge is 0.0771 e. The molecule has 0 aromatic heterocycles. The Balaban J connectivity index is 1.91. The van der Waals surface area contributed by atoms with E-state index < -0.39 is 9.52 Å². The van der Waals surface area contributed by atoms with Crippen LogP contribution < -0.4 is 5.19 Å². The second-order valence-corrected chi connectivity index (χ2v) is 9.37. The second-order valence-electron chi connectivity index (χ2n) is 7.44. The first-order chi connectivity index (χ1) is 12.2. The van der Waals surface area contributed by atoms with Crippen LogP contribution >= 0.6 is 0 Å². The first-order valence-electron chi connectivity index (χ1n) is 9.71. The average Bonchev–Trinajstić information content (AvgIpc) is 2.97. The molecule has 2 aromatic rings. The Labute approximate surface area is 155 Å². The van der Waals surface area contributed by atoms with Gasteiger partial charge in [0, 0.05) is 5.92 Å². The zero-order valence-electron chi connectivity index (χ0n) is 15.9. The van der Waals surface area contributed by atoms with Gasteiger partial charge in [-0.05, 0) is 31.4 Å². The second kappa shape index (κ2) is 8.49. The Kier molecular flexibility index (Phi) is 6.09. The third-order valence-electron chi connectivity index (χ3n) is 5.13. The van der Waals surface area contributed by atoms with Gasteiger partial charge in [-0.1, -0.05) is 108 Å². The van der Waals surface area contributed by atoms with E-state index in [9.17, 15) is 0 Å². The van der Waals surface area contributed by atoms with Gasteiger partial charge in [0.1, 0.15) is 0 Å². The van der Waals surface area contributed by atoms with Crippen molar-refractivity contribution in [3.8, 4) is 0 Å². The fourth-order valence-corrected chi connectivity index (χ4v) is 6.27. The maximum atomic E-state index is 2.48. The van der Waals surface area contributed by atoms with E-state index in [0.29, 0.717) is 5.92 Å². The highest BCUT2D eigenvalue weighted by Crippen LogP contribution is 2.36. The molecule has 1 unspecified atom stereocenters. The van der Waals surface area contributed by atoms with Gasteiger partial charge < -0.3 is 0 Å². The largest absolute Gasteiger partial charge is 0.0879 e. The van der Waals surface area contributed by atoms with Crippen molar-refractivity contribution < 1.29 is 0 Å². The minimum atomic E-state index is -0.436. The van der Waals surface area contributed by atoms with Gasteiger partial charge in [0.15, 0.2) is 0 Å². The number of hydrogen-bond donors (Lipinski definition) is 0. The van der Waals surface area contributed by atoms with Crippen molar-refractivity contribution in [2.45, 2.75) is 46.5 Å². The number of unbranched alkanes of at least 4 members (excludes halogenated alkanes) is 2. The first-order valence-corrected chi connectivity index (χ1v) is 11.1. The van der Waals surface area contributed by atoms with Gasteiger partial charge >= 0.3 is 0 Å². The van der Waals surface area contributed by atoms with Crippen LogP contribution in [0.4, 0.5) is 0 Å². The predicted molar refractivity (Wildman–Crippen MR) is 114 cm³/mol. The van der Waals surface area contributed by atoms with E-state index in [-0.39, 0.29) is 0 Å². The third kappa shape index (κ3) is 4.61. The van der Waals surface area contributed by atoms with Crippen molar-refractivity contribution >= 4 is 20.3 Å². The Hall–Kier alpha value is -1.86. The van der Waals surface area contributed by atoms with Crippen molar-refractivity contribution in [2.75, 3.05) is 0 Å². The molecule has 0 fully saturated rings. The third-order valence-corrected chi connectivity index (χ3v) is 6.94. The lowest BCUT2D eigenvalue weighted by Crippen LogP contribution is -2.17. The summed E-state index contributed by atoms with van der Waals surface area (Å²) in [7, 11) is -0.436. The molecule has 0 saturated heterocycles. The lowest BCUT2D eigenvalue weighted by atomic mass is 9.91.